The predicted octanol–water partition coefficient (Wildman–Crippen LogP) is 2.74. The monoisotopic (exact) mass is 415 g/mol. The van der Waals surface area contributed by atoms with Gasteiger partial charge >= 0.3 is 11.9 Å². The molecule has 1 aromatic carbocycles. The third-order valence-corrected chi connectivity index (χ3v) is 5.48. The van der Waals surface area contributed by atoms with Crippen LogP contribution in [0.2, 0.25) is 0 Å². The molecule has 8 nitrogen and oxygen atoms in total. The van der Waals surface area contributed by atoms with Gasteiger partial charge in [-0.25, -0.2) is 4.79 Å². The summed E-state index contributed by atoms with van der Waals surface area (Å²) in [6.45, 7) is 3.69. The summed E-state index contributed by atoms with van der Waals surface area (Å²) in [7, 11) is 0. The number of benzene rings is 1. The second kappa shape index (κ2) is 10.2. The fourth-order valence-electron chi connectivity index (χ4n) is 4.16. The lowest BCUT2D eigenvalue weighted by Crippen LogP contribution is -2.50. The van der Waals surface area contributed by atoms with E-state index in [1.807, 2.05) is 18.2 Å². The molecule has 2 aliphatic rings. The smallest absolute Gasteiger partial charge is 0.330 e. The third-order valence-electron chi connectivity index (χ3n) is 5.48. The van der Waals surface area contributed by atoms with E-state index in [2.05, 4.69) is 10.5 Å². The molecule has 0 bridgehead atoms. The van der Waals surface area contributed by atoms with Crippen molar-refractivity contribution in [1.29, 1.82) is 0 Å². The molecular weight excluding hydrogens is 386 g/mol. The maximum atomic E-state index is 13.4. The van der Waals surface area contributed by atoms with Crippen LogP contribution < -0.4 is 5.43 Å². The van der Waals surface area contributed by atoms with Gasteiger partial charge in [-0.05, 0) is 38.8 Å². The number of esters is 2. The van der Waals surface area contributed by atoms with Crippen molar-refractivity contribution in [3.05, 3.63) is 30.3 Å². The van der Waals surface area contributed by atoms with Gasteiger partial charge in [0.15, 0.2) is 0 Å². The first-order valence-electron chi connectivity index (χ1n) is 10.6. The first kappa shape index (κ1) is 21.8. The average molecular weight is 415 g/mol. The predicted molar refractivity (Wildman–Crippen MR) is 112 cm³/mol. The first-order chi connectivity index (χ1) is 14.6. The Hall–Kier alpha value is -2.90. The molecule has 2 fully saturated rings. The van der Waals surface area contributed by atoms with Crippen LogP contribution in [0.5, 0.6) is 0 Å². The van der Waals surface area contributed by atoms with Crippen molar-refractivity contribution in [2.24, 2.45) is 11.0 Å². The molecule has 30 heavy (non-hydrogen) atoms. The number of likely N-dealkylation sites (tertiary alicyclic amines) is 1. The molecule has 0 radical (unpaired) electrons. The fraction of sp³-hybridized carbons (Fsp3) is 0.545. The Balaban J connectivity index is 2.00. The van der Waals surface area contributed by atoms with Gasteiger partial charge in [-0.15, -0.1) is 0 Å². The minimum Gasteiger partial charge on any atom is -0.465 e. The Labute approximate surface area is 176 Å². The fourth-order valence-corrected chi connectivity index (χ4v) is 4.16. The molecule has 1 saturated carbocycles. The molecule has 0 unspecified atom stereocenters. The van der Waals surface area contributed by atoms with Gasteiger partial charge in [0, 0.05) is 6.04 Å². The van der Waals surface area contributed by atoms with Gasteiger partial charge in [0.2, 0.25) is 0 Å². The molecule has 1 aliphatic carbocycles. The zero-order chi connectivity index (χ0) is 21.5. The zero-order valence-corrected chi connectivity index (χ0v) is 17.5. The van der Waals surface area contributed by atoms with Gasteiger partial charge in [0.1, 0.15) is 17.7 Å². The number of anilines is 1. The molecular formula is C22H29N3O5. The van der Waals surface area contributed by atoms with Crippen LogP contribution in [0.4, 0.5) is 5.69 Å². The number of carbonyl (C=O) groups excluding carboxylic acids is 3. The largest absolute Gasteiger partial charge is 0.465 e. The lowest BCUT2D eigenvalue weighted by molar-refractivity contribution is -0.160. The van der Waals surface area contributed by atoms with E-state index in [9.17, 15) is 14.4 Å². The second-order valence-corrected chi connectivity index (χ2v) is 7.41. The van der Waals surface area contributed by atoms with Crippen LogP contribution in [0, 0.1) is 5.92 Å². The maximum Gasteiger partial charge on any atom is 0.330 e. The molecule has 1 N–H and O–H groups in total. The molecule has 0 spiro atoms. The average Bonchev–Trinajstić information content (AvgIpc) is 3.06. The molecule has 2 atom stereocenters. The Morgan fingerprint density at radius 1 is 1.03 bits per heavy atom. The molecule has 1 amide bonds. The highest BCUT2D eigenvalue weighted by Crippen LogP contribution is 2.34. The highest BCUT2D eigenvalue weighted by atomic mass is 16.5. The van der Waals surface area contributed by atoms with Crippen LogP contribution in [0.3, 0.4) is 0 Å². The van der Waals surface area contributed by atoms with Gasteiger partial charge < -0.3 is 14.4 Å². The molecule has 1 aromatic rings. The van der Waals surface area contributed by atoms with Crippen LogP contribution in [0.1, 0.15) is 46.0 Å². The summed E-state index contributed by atoms with van der Waals surface area (Å²) >= 11 is 0. The second-order valence-electron chi connectivity index (χ2n) is 7.41. The van der Waals surface area contributed by atoms with E-state index >= 15 is 0 Å². The molecule has 1 saturated heterocycles. The number of nitrogens with one attached hydrogen (secondary N) is 1. The van der Waals surface area contributed by atoms with Crippen molar-refractivity contribution in [2.75, 3.05) is 18.6 Å². The number of ether oxygens (including phenoxy) is 2. The summed E-state index contributed by atoms with van der Waals surface area (Å²) in [5, 5.41) is 4.26. The van der Waals surface area contributed by atoms with Crippen molar-refractivity contribution in [3.63, 3.8) is 0 Å². The van der Waals surface area contributed by atoms with Crippen molar-refractivity contribution in [1.82, 2.24) is 4.90 Å². The number of hydrazone groups is 1. The SMILES string of the molecule is CCOC(=O)[C@@H]1/C(=N\Nc2ccccc2)C(=O)N(C2CCCCC2)[C@H]1C(=O)OCC. The van der Waals surface area contributed by atoms with E-state index in [1.54, 1.807) is 26.0 Å². The first-order valence-corrected chi connectivity index (χ1v) is 10.6. The van der Waals surface area contributed by atoms with Crippen molar-refractivity contribution in [2.45, 2.75) is 58.0 Å². The highest BCUT2D eigenvalue weighted by molar-refractivity contribution is 6.46. The number of para-hydroxylation sites is 1. The summed E-state index contributed by atoms with van der Waals surface area (Å²) in [5.41, 5.74) is 3.50. The van der Waals surface area contributed by atoms with E-state index in [4.69, 9.17) is 9.47 Å². The number of hydrogen-bond donors (Lipinski definition) is 1. The zero-order valence-electron chi connectivity index (χ0n) is 17.5. The van der Waals surface area contributed by atoms with Gasteiger partial charge in [-0.1, -0.05) is 37.5 Å². The van der Waals surface area contributed by atoms with Crippen LogP contribution in [-0.2, 0) is 23.9 Å². The minimum atomic E-state index is -1.13. The molecule has 3 rings (SSSR count). The topological polar surface area (TPSA) is 97.3 Å². The quantitative estimate of drug-likeness (QED) is 0.543. The maximum absolute atomic E-state index is 13.4. The Morgan fingerprint density at radius 3 is 2.30 bits per heavy atom. The van der Waals surface area contributed by atoms with Gasteiger partial charge in [0.05, 0.1) is 18.9 Å². The highest BCUT2D eigenvalue weighted by Gasteiger charge is 2.56. The number of hydrogen-bond acceptors (Lipinski definition) is 7. The van der Waals surface area contributed by atoms with Crippen molar-refractivity contribution in [3.8, 4) is 0 Å². The molecule has 0 aromatic heterocycles. The Morgan fingerprint density at radius 2 is 1.67 bits per heavy atom. The van der Waals surface area contributed by atoms with E-state index < -0.39 is 29.8 Å². The van der Waals surface area contributed by atoms with Crippen LogP contribution in [0.15, 0.2) is 35.4 Å². The van der Waals surface area contributed by atoms with Crippen molar-refractivity contribution < 1.29 is 23.9 Å². The Kier molecular flexibility index (Phi) is 7.43. The molecule has 1 heterocycles. The summed E-state index contributed by atoms with van der Waals surface area (Å²) in [6.07, 6.45) is 4.62. The van der Waals surface area contributed by atoms with E-state index in [-0.39, 0.29) is 25.0 Å². The third kappa shape index (κ3) is 4.63. The van der Waals surface area contributed by atoms with Crippen molar-refractivity contribution >= 4 is 29.2 Å². The van der Waals surface area contributed by atoms with Gasteiger partial charge in [0.25, 0.3) is 5.91 Å². The summed E-state index contributed by atoms with van der Waals surface area (Å²) < 4.78 is 10.5. The number of amides is 1. The molecule has 8 heteroatoms. The van der Waals surface area contributed by atoms with Crippen LogP contribution >= 0.6 is 0 Å². The van der Waals surface area contributed by atoms with Crippen LogP contribution in [0.25, 0.3) is 0 Å². The summed E-state index contributed by atoms with van der Waals surface area (Å²) in [6, 6.07) is 7.93. The lowest BCUT2D eigenvalue weighted by Gasteiger charge is -2.34. The van der Waals surface area contributed by atoms with E-state index in [0.717, 1.165) is 32.1 Å². The number of rotatable bonds is 7. The van der Waals surface area contributed by atoms with Gasteiger partial charge in [-0.2, -0.15) is 5.10 Å². The summed E-state index contributed by atoms with van der Waals surface area (Å²) in [4.78, 5) is 40.6. The molecule has 162 valence electrons. The standard InChI is InChI=1S/C22H29N3O5/c1-3-29-21(27)17-18(24-23-15-11-7-5-8-12-15)20(26)25(16-13-9-6-10-14-16)19(17)22(28)30-4-2/h5,7-8,11-12,16-17,19,23H,3-4,6,9-10,13-14H2,1-2H3/b24-18+/t17-,19-/m1/s1. The number of nitrogens with zero attached hydrogens (tertiary/aromatic N) is 2. The van der Waals surface area contributed by atoms with Crippen LogP contribution in [-0.4, -0.2) is 53.8 Å². The van der Waals surface area contributed by atoms with Gasteiger partial charge in [-0.3, -0.25) is 15.0 Å². The normalized spacial score (nSPS) is 23.5. The minimum absolute atomic E-state index is 0.0130. The lowest BCUT2D eigenvalue weighted by atomic mass is 9.92. The van der Waals surface area contributed by atoms with E-state index in [1.165, 1.54) is 4.90 Å². The number of carbonyl (C=O) groups is 3. The summed E-state index contributed by atoms with van der Waals surface area (Å²) in [5.74, 6) is -2.79. The molecule has 1 aliphatic heterocycles. The Bertz CT molecular complexity index is 789. The van der Waals surface area contributed by atoms with E-state index in [0.29, 0.717) is 5.69 Å².